The van der Waals surface area contributed by atoms with Gasteiger partial charge >= 0.3 is 0 Å². The molecule has 156 valence electrons. The van der Waals surface area contributed by atoms with Crippen molar-refractivity contribution < 1.29 is 14.4 Å². The molecule has 0 aliphatic heterocycles. The molecule has 0 spiro atoms. The van der Waals surface area contributed by atoms with Gasteiger partial charge in [-0.3, -0.25) is 4.79 Å². The zero-order valence-corrected chi connectivity index (χ0v) is 18.4. The Morgan fingerprint density at radius 1 is 1.16 bits per heavy atom. The van der Waals surface area contributed by atoms with Crippen LogP contribution < -0.4 is 10.1 Å². The number of ether oxygens (including phenoxy) is 1. The number of rotatable bonds is 8. The first kappa shape index (κ1) is 22.1. The van der Waals surface area contributed by atoms with E-state index in [0.29, 0.717) is 15.8 Å². The van der Waals surface area contributed by atoms with E-state index >= 15 is 0 Å². The molecule has 0 heterocycles. The minimum absolute atomic E-state index is 0.110. The van der Waals surface area contributed by atoms with Crippen LogP contribution in [0.1, 0.15) is 22.3 Å². The zero-order chi connectivity index (χ0) is 22.1. The molecule has 31 heavy (non-hydrogen) atoms. The van der Waals surface area contributed by atoms with Gasteiger partial charge < -0.3 is 14.9 Å². The summed E-state index contributed by atoms with van der Waals surface area (Å²) in [4.78, 5) is 17.4. The summed E-state index contributed by atoms with van der Waals surface area (Å²) >= 11 is 3.44. The summed E-state index contributed by atoms with van der Waals surface area (Å²) in [6.07, 6.45) is 1.56. The molecule has 0 atom stereocenters. The van der Waals surface area contributed by atoms with Gasteiger partial charge in [-0.25, -0.2) is 0 Å². The second-order valence-corrected chi connectivity index (χ2v) is 7.52. The molecule has 0 aliphatic rings. The Morgan fingerprint density at radius 2 is 1.94 bits per heavy atom. The van der Waals surface area contributed by atoms with Crippen LogP contribution in [0.2, 0.25) is 0 Å². The number of nitrogens with one attached hydrogen (secondary N) is 1. The second-order valence-electron chi connectivity index (χ2n) is 6.67. The van der Waals surface area contributed by atoms with Crippen molar-refractivity contribution in [2.75, 3.05) is 11.9 Å². The molecule has 1 amide bonds. The maximum absolute atomic E-state index is 12.1. The molecule has 0 unspecified atom stereocenters. The topological polar surface area (TPSA) is 83.7 Å². The van der Waals surface area contributed by atoms with E-state index in [-0.39, 0.29) is 19.1 Å². The number of hydrogen-bond acceptors (Lipinski definition) is 5. The lowest BCUT2D eigenvalue weighted by Crippen LogP contribution is -2.20. The Balaban J connectivity index is 1.50. The van der Waals surface area contributed by atoms with Crippen LogP contribution in [0.3, 0.4) is 0 Å². The summed E-state index contributed by atoms with van der Waals surface area (Å²) in [6, 6.07) is 22.2. The van der Waals surface area contributed by atoms with Crippen molar-refractivity contribution in [3.05, 3.63) is 93.5 Å². The predicted molar refractivity (Wildman–Crippen MR) is 123 cm³/mol. The monoisotopic (exact) mass is 477 g/mol. The summed E-state index contributed by atoms with van der Waals surface area (Å²) in [6.45, 7) is 2.08. The van der Waals surface area contributed by atoms with E-state index in [2.05, 4.69) is 32.5 Å². The van der Waals surface area contributed by atoms with Gasteiger partial charge in [0.2, 0.25) is 0 Å². The van der Waals surface area contributed by atoms with Crippen molar-refractivity contribution in [2.24, 2.45) is 5.16 Å². The number of hydrogen-bond donors (Lipinski definition) is 1. The van der Waals surface area contributed by atoms with Crippen molar-refractivity contribution in [3.63, 3.8) is 0 Å². The van der Waals surface area contributed by atoms with Crippen LogP contribution in [0.25, 0.3) is 0 Å². The highest BCUT2D eigenvalue weighted by atomic mass is 79.9. The molecule has 3 rings (SSSR count). The first-order valence-electron chi connectivity index (χ1n) is 9.47. The standard InChI is InChI=1S/C24H20BrN3O3/c1-17-6-9-21(10-7-17)28-24(29)16-30-23-11-8-18(12-22(23)25)14-27-31-15-20-5-3-2-4-19(20)13-26/h2-12,14H,15-16H2,1H3,(H,28,29)/b27-14-. The van der Waals surface area contributed by atoms with Crippen molar-refractivity contribution >= 4 is 33.7 Å². The number of anilines is 1. The largest absolute Gasteiger partial charge is 0.483 e. The number of benzene rings is 3. The average molecular weight is 478 g/mol. The second kappa shape index (κ2) is 11.0. The number of aryl methyl sites for hydroxylation is 1. The molecular formula is C24H20BrN3O3. The first-order valence-corrected chi connectivity index (χ1v) is 10.3. The van der Waals surface area contributed by atoms with Crippen LogP contribution in [0, 0.1) is 18.3 Å². The van der Waals surface area contributed by atoms with Crippen molar-refractivity contribution in [1.29, 1.82) is 5.26 Å². The SMILES string of the molecule is Cc1ccc(NC(=O)COc2ccc(/C=N\OCc3ccccc3C#N)cc2Br)cc1. The number of oxime groups is 1. The fourth-order valence-electron chi connectivity index (χ4n) is 2.65. The summed E-state index contributed by atoms with van der Waals surface area (Å²) < 4.78 is 6.28. The molecule has 3 aromatic rings. The molecule has 0 fully saturated rings. The highest BCUT2D eigenvalue weighted by molar-refractivity contribution is 9.10. The Labute approximate surface area is 189 Å². The fourth-order valence-corrected chi connectivity index (χ4v) is 3.16. The van der Waals surface area contributed by atoms with Crippen LogP contribution in [-0.4, -0.2) is 18.7 Å². The van der Waals surface area contributed by atoms with Gasteiger partial charge in [-0.05, 0) is 64.8 Å². The Morgan fingerprint density at radius 3 is 2.68 bits per heavy atom. The molecular weight excluding hydrogens is 458 g/mol. The van der Waals surface area contributed by atoms with Crippen LogP contribution >= 0.6 is 15.9 Å². The third kappa shape index (κ3) is 6.69. The Bertz CT molecular complexity index is 1120. The summed E-state index contributed by atoms with van der Waals surface area (Å²) in [5, 5.41) is 15.8. The number of carbonyl (C=O) groups is 1. The number of nitrogens with zero attached hydrogens (tertiary/aromatic N) is 2. The highest BCUT2D eigenvalue weighted by Crippen LogP contribution is 2.25. The minimum atomic E-state index is -0.243. The molecule has 3 aromatic carbocycles. The summed E-state index contributed by atoms with van der Waals surface area (Å²) in [5.41, 5.74) is 3.97. The third-order valence-electron chi connectivity index (χ3n) is 4.28. The van der Waals surface area contributed by atoms with Crippen molar-refractivity contribution in [1.82, 2.24) is 0 Å². The van der Waals surface area contributed by atoms with Gasteiger partial charge in [-0.2, -0.15) is 5.26 Å². The average Bonchev–Trinajstić information content (AvgIpc) is 2.78. The van der Waals surface area contributed by atoms with E-state index < -0.39 is 0 Å². The molecule has 0 aliphatic carbocycles. The third-order valence-corrected chi connectivity index (χ3v) is 4.90. The molecule has 1 N–H and O–H groups in total. The first-order chi connectivity index (χ1) is 15.0. The lowest BCUT2D eigenvalue weighted by Gasteiger charge is -2.09. The Kier molecular flexibility index (Phi) is 7.79. The van der Waals surface area contributed by atoms with Crippen LogP contribution in [0.5, 0.6) is 5.75 Å². The highest BCUT2D eigenvalue weighted by Gasteiger charge is 2.07. The lowest BCUT2D eigenvalue weighted by atomic mass is 10.1. The minimum Gasteiger partial charge on any atom is -0.483 e. The molecule has 0 saturated carbocycles. The lowest BCUT2D eigenvalue weighted by molar-refractivity contribution is -0.118. The van der Waals surface area contributed by atoms with Gasteiger partial charge in [0.25, 0.3) is 5.91 Å². The Hall–Kier alpha value is -3.63. The molecule has 0 saturated heterocycles. The number of amides is 1. The molecule has 7 heteroatoms. The van der Waals surface area contributed by atoms with Gasteiger partial charge in [0.05, 0.1) is 22.3 Å². The van der Waals surface area contributed by atoms with E-state index in [1.54, 1.807) is 30.5 Å². The van der Waals surface area contributed by atoms with Crippen molar-refractivity contribution in [2.45, 2.75) is 13.5 Å². The van der Waals surface area contributed by atoms with E-state index in [1.165, 1.54) is 0 Å². The predicted octanol–water partition coefficient (Wildman–Crippen LogP) is 5.20. The van der Waals surface area contributed by atoms with Gasteiger partial charge in [-0.1, -0.05) is 41.1 Å². The van der Waals surface area contributed by atoms with E-state index in [9.17, 15) is 4.79 Å². The zero-order valence-electron chi connectivity index (χ0n) is 16.8. The van der Waals surface area contributed by atoms with Crippen LogP contribution in [0.4, 0.5) is 5.69 Å². The van der Waals surface area contributed by atoms with Crippen LogP contribution in [0.15, 0.2) is 76.4 Å². The molecule has 0 bridgehead atoms. The molecule has 6 nitrogen and oxygen atoms in total. The number of carbonyl (C=O) groups excluding carboxylic acids is 1. The number of nitriles is 1. The van der Waals surface area contributed by atoms with E-state index in [0.717, 1.165) is 22.4 Å². The summed E-state index contributed by atoms with van der Waals surface area (Å²) in [7, 11) is 0. The quantitative estimate of drug-likeness (QED) is 0.357. The van der Waals surface area contributed by atoms with Crippen molar-refractivity contribution in [3.8, 4) is 11.8 Å². The maximum atomic E-state index is 12.1. The maximum Gasteiger partial charge on any atom is 0.262 e. The normalized spacial score (nSPS) is 10.5. The molecule has 0 aromatic heterocycles. The van der Waals surface area contributed by atoms with Gasteiger partial charge in [0.1, 0.15) is 12.4 Å². The molecule has 0 radical (unpaired) electrons. The van der Waals surface area contributed by atoms with E-state index in [4.69, 9.17) is 14.8 Å². The van der Waals surface area contributed by atoms with Crippen LogP contribution in [-0.2, 0) is 16.2 Å². The summed E-state index contributed by atoms with van der Waals surface area (Å²) in [5.74, 6) is 0.299. The van der Waals surface area contributed by atoms with Gasteiger partial charge in [-0.15, -0.1) is 0 Å². The van der Waals surface area contributed by atoms with E-state index in [1.807, 2.05) is 49.4 Å². The smallest absolute Gasteiger partial charge is 0.262 e. The fraction of sp³-hybridized carbons (Fsp3) is 0.125. The van der Waals surface area contributed by atoms with Gasteiger partial charge in [0.15, 0.2) is 6.61 Å². The number of halogens is 1. The van der Waals surface area contributed by atoms with Gasteiger partial charge in [0, 0.05) is 11.3 Å².